The van der Waals surface area contributed by atoms with Gasteiger partial charge < -0.3 is 15.8 Å². The normalized spacial score (nSPS) is 10.3. The van der Waals surface area contributed by atoms with E-state index in [4.69, 9.17) is 10.5 Å². The minimum Gasteiger partial charge on any atom is -0.463 e. The molecule has 2 aromatic heterocycles. The van der Waals surface area contributed by atoms with Gasteiger partial charge in [0.05, 0.1) is 18.8 Å². The second-order valence-electron chi connectivity index (χ2n) is 4.27. The van der Waals surface area contributed by atoms with Gasteiger partial charge >= 0.3 is 6.01 Å². The summed E-state index contributed by atoms with van der Waals surface area (Å²) in [4.78, 5) is 16.5. The van der Waals surface area contributed by atoms with E-state index in [0.717, 1.165) is 17.8 Å². The fourth-order valence-electron chi connectivity index (χ4n) is 1.58. The maximum Gasteiger partial charge on any atom is 0.323 e. The van der Waals surface area contributed by atoms with Crippen molar-refractivity contribution >= 4 is 11.9 Å². The second-order valence-corrected chi connectivity index (χ2v) is 4.27. The lowest BCUT2D eigenvalue weighted by Gasteiger charge is -2.07. The van der Waals surface area contributed by atoms with Gasteiger partial charge in [0.15, 0.2) is 0 Å². The van der Waals surface area contributed by atoms with Crippen LogP contribution < -0.4 is 15.8 Å². The topological polar surface area (TPSA) is 98.8 Å². The molecule has 0 atom stereocenters. The number of nitrogen functional groups attached to an aromatic ring is 1. The van der Waals surface area contributed by atoms with E-state index in [9.17, 15) is 0 Å². The van der Waals surface area contributed by atoms with Crippen LogP contribution in [0.3, 0.4) is 0 Å². The fourth-order valence-corrected chi connectivity index (χ4v) is 1.58. The SMILES string of the molecule is CCCOc1nc(N)nc(NCc2cccc(C)n2)n1. The maximum atomic E-state index is 5.63. The first-order valence-corrected chi connectivity index (χ1v) is 6.48. The van der Waals surface area contributed by atoms with Crippen LogP contribution in [0.4, 0.5) is 11.9 Å². The molecule has 3 N–H and O–H groups in total. The molecule has 7 nitrogen and oxygen atoms in total. The van der Waals surface area contributed by atoms with E-state index >= 15 is 0 Å². The monoisotopic (exact) mass is 274 g/mol. The lowest BCUT2D eigenvalue weighted by atomic mass is 10.3. The fraction of sp³-hybridized carbons (Fsp3) is 0.385. The molecule has 0 aliphatic rings. The summed E-state index contributed by atoms with van der Waals surface area (Å²) < 4.78 is 5.35. The van der Waals surface area contributed by atoms with E-state index in [1.54, 1.807) is 0 Å². The zero-order valence-electron chi connectivity index (χ0n) is 11.6. The largest absolute Gasteiger partial charge is 0.463 e. The molecule has 0 spiro atoms. The number of rotatable bonds is 6. The first-order valence-electron chi connectivity index (χ1n) is 6.48. The Bertz CT molecular complexity index is 575. The zero-order chi connectivity index (χ0) is 14.4. The van der Waals surface area contributed by atoms with Crippen LogP contribution in [0.1, 0.15) is 24.7 Å². The van der Waals surface area contributed by atoms with Crippen LogP contribution in [-0.4, -0.2) is 26.5 Å². The Balaban J connectivity index is 2.03. The third-order valence-corrected chi connectivity index (χ3v) is 2.44. The van der Waals surface area contributed by atoms with Gasteiger partial charge in [-0.15, -0.1) is 0 Å². The van der Waals surface area contributed by atoms with Crippen molar-refractivity contribution in [2.45, 2.75) is 26.8 Å². The minimum atomic E-state index is 0.130. The summed E-state index contributed by atoms with van der Waals surface area (Å²) in [5.74, 6) is 0.512. The van der Waals surface area contributed by atoms with E-state index in [1.807, 2.05) is 32.0 Å². The molecule has 0 bridgehead atoms. The van der Waals surface area contributed by atoms with Crippen molar-refractivity contribution in [3.63, 3.8) is 0 Å². The van der Waals surface area contributed by atoms with E-state index in [0.29, 0.717) is 19.1 Å². The lowest BCUT2D eigenvalue weighted by Crippen LogP contribution is -2.10. The van der Waals surface area contributed by atoms with E-state index in [-0.39, 0.29) is 12.0 Å². The highest BCUT2D eigenvalue weighted by molar-refractivity contribution is 5.33. The van der Waals surface area contributed by atoms with Gasteiger partial charge in [0.1, 0.15) is 0 Å². The number of anilines is 2. The van der Waals surface area contributed by atoms with Crippen LogP contribution in [0.25, 0.3) is 0 Å². The van der Waals surface area contributed by atoms with Crippen molar-refractivity contribution in [2.75, 3.05) is 17.7 Å². The Morgan fingerprint density at radius 2 is 2.05 bits per heavy atom. The summed E-state index contributed by atoms with van der Waals surface area (Å²) in [7, 11) is 0. The molecule has 0 radical (unpaired) electrons. The molecule has 0 aliphatic heterocycles. The molecule has 0 saturated heterocycles. The number of nitrogens with one attached hydrogen (secondary N) is 1. The molecule has 0 aromatic carbocycles. The van der Waals surface area contributed by atoms with Gasteiger partial charge in [-0.25, -0.2) is 0 Å². The van der Waals surface area contributed by atoms with E-state index in [1.165, 1.54) is 0 Å². The highest BCUT2D eigenvalue weighted by Crippen LogP contribution is 2.10. The number of hydrogen-bond donors (Lipinski definition) is 2. The van der Waals surface area contributed by atoms with Gasteiger partial charge in [0, 0.05) is 5.69 Å². The van der Waals surface area contributed by atoms with Crippen molar-refractivity contribution in [1.82, 2.24) is 19.9 Å². The quantitative estimate of drug-likeness (QED) is 0.824. The van der Waals surface area contributed by atoms with Crippen LogP contribution in [-0.2, 0) is 6.54 Å². The van der Waals surface area contributed by atoms with Crippen molar-refractivity contribution < 1.29 is 4.74 Å². The molecule has 0 amide bonds. The number of ether oxygens (including phenoxy) is 1. The lowest BCUT2D eigenvalue weighted by molar-refractivity contribution is 0.292. The zero-order valence-corrected chi connectivity index (χ0v) is 11.6. The molecule has 0 fully saturated rings. The molecule has 0 unspecified atom stereocenters. The van der Waals surface area contributed by atoms with Crippen molar-refractivity contribution in [2.24, 2.45) is 0 Å². The van der Waals surface area contributed by atoms with Crippen LogP contribution in [0.15, 0.2) is 18.2 Å². The number of aryl methyl sites for hydroxylation is 1. The number of nitrogens with two attached hydrogens (primary N) is 1. The number of pyridine rings is 1. The summed E-state index contributed by atoms with van der Waals surface area (Å²) in [6, 6.07) is 6.07. The number of aromatic nitrogens is 4. The summed E-state index contributed by atoms with van der Waals surface area (Å²) in [5.41, 5.74) is 7.49. The predicted molar refractivity (Wildman–Crippen MR) is 76.3 cm³/mol. The predicted octanol–water partition coefficient (Wildman–Crippen LogP) is 1.56. The summed E-state index contributed by atoms with van der Waals surface area (Å²) in [6.07, 6.45) is 0.877. The summed E-state index contributed by atoms with van der Waals surface area (Å²) >= 11 is 0. The Hall–Kier alpha value is -2.44. The first-order chi connectivity index (χ1) is 9.67. The Morgan fingerprint density at radius 3 is 2.80 bits per heavy atom. The highest BCUT2D eigenvalue weighted by Gasteiger charge is 2.05. The summed E-state index contributed by atoms with van der Waals surface area (Å²) in [5, 5.41) is 3.06. The molecular formula is C13H18N6O. The molecule has 2 heterocycles. The average Bonchev–Trinajstić information content (AvgIpc) is 2.42. The molecule has 0 saturated carbocycles. The van der Waals surface area contributed by atoms with Crippen LogP contribution in [0, 0.1) is 6.92 Å². The standard InChI is InChI=1S/C13H18N6O/c1-3-7-20-13-18-11(14)17-12(19-13)15-8-10-6-4-5-9(2)16-10/h4-6H,3,7-8H2,1-2H3,(H3,14,15,17,18,19). The van der Waals surface area contributed by atoms with Gasteiger partial charge in [-0.05, 0) is 25.5 Å². The van der Waals surface area contributed by atoms with Gasteiger partial charge in [-0.1, -0.05) is 13.0 Å². The Morgan fingerprint density at radius 1 is 1.20 bits per heavy atom. The minimum absolute atomic E-state index is 0.130. The molecule has 20 heavy (non-hydrogen) atoms. The van der Waals surface area contributed by atoms with Gasteiger partial charge in [0.25, 0.3) is 0 Å². The van der Waals surface area contributed by atoms with Gasteiger partial charge in [-0.3, -0.25) is 4.98 Å². The first kappa shape index (κ1) is 14.0. The van der Waals surface area contributed by atoms with Crippen molar-refractivity contribution in [3.05, 3.63) is 29.6 Å². The third kappa shape index (κ3) is 4.04. The van der Waals surface area contributed by atoms with Crippen LogP contribution in [0.5, 0.6) is 6.01 Å². The average molecular weight is 274 g/mol. The second kappa shape index (κ2) is 6.65. The Labute approximate surface area is 117 Å². The van der Waals surface area contributed by atoms with Gasteiger partial charge in [0.2, 0.25) is 11.9 Å². The molecule has 2 aromatic rings. The molecule has 0 aliphatic carbocycles. The molecular weight excluding hydrogens is 256 g/mol. The maximum absolute atomic E-state index is 5.63. The number of hydrogen-bond acceptors (Lipinski definition) is 7. The van der Waals surface area contributed by atoms with E-state index < -0.39 is 0 Å². The highest BCUT2D eigenvalue weighted by atomic mass is 16.5. The molecule has 7 heteroatoms. The third-order valence-electron chi connectivity index (χ3n) is 2.44. The van der Waals surface area contributed by atoms with E-state index in [2.05, 4.69) is 25.3 Å². The van der Waals surface area contributed by atoms with Crippen molar-refractivity contribution in [1.29, 1.82) is 0 Å². The molecule has 106 valence electrons. The van der Waals surface area contributed by atoms with Crippen LogP contribution in [0.2, 0.25) is 0 Å². The summed E-state index contributed by atoms with van der Waals surface area (Å²) in [6.45, 7) is 5.01. The smallest absolute Gasteiger partial charge is 0.323 e. The number of nitrogens with zero attached hydrogens (tertiary/aromatic N) is 4. The van der Waals surface area contributed by atoms with Crippen LogP contribution >= 0.6 is 0 Å². The van der Waals surface area contributed by atoms with Crippen molar-refractivity contribution in [3.8, 4) is 6.01 Å². The Kier molecular flexibility index (Phi) is 4.65. The molecule has 2 rings (SSSR count). The van der Waals surface area contributed by atoms with Gasteiger partial charge in [-0.2, -0.15) is 15.0 Å².